The van der Waals surface area contributed by atoms with E-state index in [1.54, 1.807) is 18.8 Å². The molecule has 10 nitrogen and oxygen atoms in total. The van der Waals surface area contributed by atoms with Crippen molar-refractivity contribution in [3.05, 3.63) is 84.2 Å². The summed E-state index contributed by atoms with van der Waals surface area (Å²) in [7, 11) is 3.18. The highest BCUT2D eigenvalue weighted by molar-refractivity contribution is 7.99. The molecule has 0 saturated heterocycles. The molecule has 2 aromatic heterocycles. The number of thiazole rings is 1. The Morgan fingerprint density at radius 3 is 2.48 bits per heavy atom. The number of carbonyl (C=O) groups excluding carboxylic acids is 2. The molecule has 0 radical (unpaired) electrons. The molecule has 5 aromatic rings. The number of hydrogen-bond donors (Lipinski definition) is 2. The Bertz CT molecular complexity index is 1600. The van der Waals surface area contributed by atoms with Crippen LogP contribution >= 0.6 is 23.1 Å². The van der Waals surface area contributed by atoms with E-state index in [4.69, 9.17) is 9.47 Å². The van der Waals surface area contributed by atoms with Crippen LogP contribution in [0.25, 0.3) is 15.9 Å². The van der Waals surface area contributed by atoms with Gasteiger partial charge in [0, 0.05) is 0 Å². The number of anilines is 1. The second kappa shape index (κ2) is 12.6. The number of methoxy groups -OCH3 is 2. The summed E-state index contributed by atoms with van der Waals surface area (Å²) in [6.07, 6.45) is 0.209. The van der Waals surface area contributed by atoms with Gasteiger partial charge in [-0.25, -0.2) is 4.98 Å². The lowest BCUT2D eigenvalue weighted by Crippen LogP contribution is -2.26. The normalized spacial score (nSPS) is 10.8. The number of ether oxygens (including phenoxy) is 2. The maximum atomic E-state index is 12.8. The lowest BCUT2D eigenvalue weighted by atomic mass is 10.1. The zero-order chi connectivity index (χ0) is 27.9. The fourth-order valence-corrected chi connectivity index (χ4v) is 5.59. The molecule has 0 saturated carbocycles. The molecule has 0 fully saturated rings. The monoisotopic (exact) mass is 574 g/mol. The summed E-state index contributed by atoms with van der Waals surface area (Å²) in [5.41, 5.74) is 2.40. The highest BCUT2D eigenvalue weighted by atomic mass is 32.2. The molecular formula is C28H26N6O4S2. The Hall–Kier alpha value is -4.42. The minimum absolute atomic E-state index is 0.0903. The third-order valence-electron chi connectivity index (χ3n) is 5.87. The molecule has 2 amide bonds. The molecule has 204 valence electrons. The van der Waals surface area contributed by atoms with Gasteiger partial charge in [0.1, 0.15) is 11.5 Å². The second-order valence-corrected chi connectivity index (χ2v) is 10.5. The Labute approximate surface area is 238 Å². The van der Waals surface area contributed by atoms with Gasteiger partial charge in [0.2, 0.25) is 11.8 Å². The van der Waals surface area contributed by atoms with E-state index in [2.05, 4.69) is 25.8 Å². The number of fused-ring (bicyclic) bond motifs is 1. The van der Waals surface area contributed by atoms with E-state index < -0.39 is 0 Å². The van der Waals surface area contributed by atoms with Crippen molar-refractivity contribution in [2.45, 2.75) is 18.1 Å². The molecule has 5 rings (SSSR count). The van der Waals surface area contributed by atoms with Crippen LogP contribution in [-0.4, -0.2) is 51.5 Å². The molecule has 0 spiro atoms. The first-order valence-corrected chi connectivity index (χ1v) is 14.1. The summed E-state index contributed by atoms with van der Waals surface area (Å²) in [6.45, 7) is 0.137. The number of nitrogens with one attached hydrogen (secondary N) is 2. The van der Waals surface area contributed by atoms with Crippen molar-refractivity contribution in [1.82, 2.24) is 25.1 Å². The highest BCUT2D eigenvalue weighted by Gasteiger charge is 2.19. The number of hydrogen-bond acceptors (Lipinski definition) is 9. The van der Waals surface area contributed by atoms with Crippen molar-refractivity contribution in [1.29, 1.82) is 0 Å². The number of nitrogens with zero attached hydrogens (tertiary/aromatic N) is 4. The molecular weight excluding hydrogens is 548 g/mol. The number of para-hydroxylation sites is 3. The van der Waals surface area contributed by atoms with Crippen LogP contribution in [0.15, 0.2) is 78.0 Å². The predicted octanol–water partition coefficient (Wildman–Crippen LogP) is 4.48. The van der Waals surface area contributed by atoms with Gasteiger partial charge >= 0.3 is 0 Å². The van der Waals surface area contributed by atoms with Crippen LogP contribution in [0.3, 0.4) is 0 Å². The molecule has 0 aliphatic heterocycles. The first-order chi connectivity index (χ1) is 19.5. The van der Waals surface area contributed by atoms with E-state index in [9.17, 15) is 9.59 Å². The Kier molecular flexibility index (Phi) is 8.57. The Balaban J connectivity index is 1.29. The zero-order valence-corrected chi connectivity index (χ0v) is 23.4. The first kappa shape index (κ1) is 27.2. The Morgan fingerprint density at radius 1 is 0.925 bits per heavy atom. The van der Waals surface area contributed by atoms with Gasteiger partial charge in [0.25, 0.3) is 0 Å². The van der Waals surface area contributed by atoms with Crippen LogP contribution in [-0.2, 0) is 22.6 Å². The molecule has 0 atom stereocenters. The van der Waals surface area contributed by atoms with Gasteiger partial charge in [-0.1, -0.05) is 59.5 Å². The molecule has 3 aromatic carbocycles. The van der Waals surface area contributed by atoms with E-state index in [0.29, 0.717) is 27.5 Å². The third-order valence-corrected chi connectivity index (χ3v) is 7.75. The SMILES string of the molecule is COc1ccc(CC(=O)NCc2nnc(SCC(=O)Nc3nc4ccccc4s3)n2-c2ccccc2OC)cc1. The van der Waals surface area contributed by atoms with Gasteiger partial charge in [-0.05, 0) is 42.0 Å². The van der Waals surface area contributed by atoms with Crippen LogP contribution in [0.5, 0.6) is 11.5 Å². The summed E-state index contributed by atoms with van der Waals surface area (Å²) in [5.74, 6) is 1.55. The molecule has 40 heavy (non-hydrogen) atoms. The van der Waals surface area contributed by atoms with Gasteiger partial charge in [0.05, 0.1) is 48.8 Å². The number of amides is 2. The maximum Gasteiger partial charge on any atom is 0.236 e. The molecule has 0 aliphatic rings. The molecule has 2 heterocycles. The topological polar surface area (TPSA) is 120 Å². The van der Waals surface area contributed by atoms with Crippen LogP contribution < -0.4 is 20.1 Å². The third kappa shape index (κ3) is 6.41. The fourth-order valence-electron chi connectivity index (χ4n) is 3.94. The second-order valence-electron chi connectivity index (χ2n) is 8.53. The highest BCUT2D eigenvalue weighted by Crippen LogP contribution is 2.29. The van der Waals surface area contributed by atoms with Gasteiger partial charge in [-0.2, -0.15) is 0 Å². The van der Waals surface area contributed by atoms with Crippen molar-refractivity contribution < 1.29 is 19.1 Å². The smallest absolute Gasteiger partial charge is 0.236 e. The van der Waals surface area contributed by atoms with Crippen molar-refractivity contribution in [2.75, 3.05) is 25.3 Å². The van der Waals surface area contributed by atoms with Crippen molar-refractivity contribution in [2.24, 2.45) is 0 Å². The van der Waals surface area contributed by atoms with Crippen LogP contribution in [0.4, 0.5) is 5.13 Å². The summed E-state index contributed by atoms with van der Waals surface area (Å²) in [5, 5.41) is 15.5. The number of carbonyl (C=O) groups is 2. The van der Waals surface area contributed by atoms with Crippen molar-refractivity contribution >= 4 is 50.3 Å². The van der Waals surface area contributed by atoms with E-state index in [0.717, 1.165) is 21.5 Å². The van der Waals surface area contributed by atoms with Gasteiger partial charge in [-0.15, -0.1) is 10.2 Å². The largest absolute Gasteiger partial charge is 0.497 e. The standard InChI is InChI=1S/C28H26N6O4S2/c1-37-19-13-11-18(12-14-19)15-25(35)29-16-24-32-33-28(34(24)21-8-4-5-9-22(21)38-2)39-17-26(36)31-27-30-20-7-3-6-10-23(20)40-27/h3-14H,15-17H2,1-2H3,(H,29,35)(H,30,31,36). The fraction of sp³-hybridized carbons (Fsp3) is 0.179. The zero-order valence-electron chi connectivity index (χ0n) is 21.8. The number of rotatable bonds is 11. The van der Waals surface area contributed by atoms with Crippen LogP contribution in [0, 0.1) is 0 Å². The minimum atomic E-state index is -0.215. The van der Waals surface area contributed by atoms with E-state index >= 15 is 0 Å². The maximum absolute atomic E-state index is 12.8. The van der Waals surface area contributed by atoms with E-state index in [-0.39, 0.29) is 30.5 Å². The van der Waals surface area contributed by atoms with Crippen molar-refractivity contribution in [3.8, 4) is 17.2 Å². The molecule has 0 aliphatic carbocycles. The molecule has 0 unspecified atom stereocenters. The average molecular weight is 575 g/mol. The van der Waals surface area contributed by atoms with Crippen LogP contribution in [0.2, 0.25) is 0 Å². The van der Waals surface area contributed by atoms with Gasteiger partial charge in [-0.3, -0.25) is 14.2 Å². The molecule has 0 bridgehead atoms. The van der Waals surface area contributed by atoms with E-state index in [1.807, 2.05) is 72.8 Å². The van der Waals surface area contributed by atoms with Gasteiger partial charge in [0.15, 0.2) is 16.1 Å². The quantitative estimate of drug-likeness (QED) is 0.222. The first-order valence-electron chi connectivity index (χ1n) is 12.3. The van der Waals surface area contributed by atoms with Crippen molar-refractivity contribution in [3.63, 3.8) is 0 Å². The van der Waals surface area contributed by atoms with Gasteiger partial charge < -0.3 is 20.1 Å². The number of benzene rings is 3. The predicted molar refractivity (Wildman–Crippen MR) is 155 cm³/mol. The minimum Gasteiger partial charge on any atom is -0.497 e. The average Bonchev–Trinajstić information content (AvgIpc) is 3.58. The summed E-state index contributed by atoms with van der Waals surface area (Å²) in [6, 6.07) is 22.5. The number of thioether (sulfide) groups is 1. The lowest BCUT2D eigenvalue weighted by molar-refractivity contribution is -0.120. The number of aromatic nitrogens is 4. The molecule has 2 N–H and O–H groups in total. The summed E-state index contributed by atoms with van der Waals surface area (Å²) in [4.78, 5) is 29.9. The lowest BCUT2D eigenvalue weighted by Gasteiger charge is -2.14. The molecule has 12 heteroatoms. The van der Waals surface area contributed by atoms with E-state index in [1.165, 1.54) is 23.1 Å². The summed E-state index contributed by atoms with van der Waals surface area (Å²) >= 11 is 2.65. The van der Waals surface area contributed by atoms with Crippen LogP contribution in [0.1, 0.15) is 11.4 Å². The summed E-state index contributed by atoms with van der Waals surface area (Å²) < 4.78 is 13.5. The Morgan fingerprint density at radius 2 is 1.70 bits per heavy atom.